The summed E-state index contributed by atoms with van der Waals surface area (Å²) in [7, 11) is 0. The predicted octanol–water partition coefficient (Wildman–Crippen LogP) is 2.63. The van der Waals surface area contributed by atoms with Gasteiger partial charge in [-0.2, -0.15) is 0 Å². The quantitative estimate of drug-likeness (QED) is 0.686. The summed E-state index contributed by atoms with van der Waals surface area (Å²) in [6.07, 6.45) is 0.754. The predicted molar refractivity (Wildman–Crippen MR) is 95.7 cm³/mol. The van der Waals surface area contributed by atoms with E-state index in [1.165, 1.54) is 4.88 Å². The molecule has 24 heavy (non-hydrogen) atoms. The third-order valence-electron chi connectivity index (χ3n) is 3.11. The maximum absolute atomic E-state index is 11.7. The van der Waals surface area contributed by atoms with Gasteiger partial charge in [-0.25, -0.2) is 4.79 Å². The second kappa shape index (κ2) is 9.57. The highest BCUT2D eigenvalue weighted by Gasteiger charge is 2.07. The Morgan fingerprint density at radius 2 is 1.96 bits per heavy atom. The summed E-state index contributed by atoms with van der Waals surface area (Å²) in [5.41, 5.74) is 0.784. The normalized spacial score (nSPS) is 10.0. The molecule has 2 rings (SSSR count). The van der Waals surface area contributed by atoms with Crippen molar-refractivity contribution in [1.29, 1.82) is 0 Å². The Kier molecular flexibility index (Phi) is 7.10. The number of urea groups is 1. The second-order valence-electron chi connectivity index (χ2n) is 4.94. The van der Waals surface area contributed by atoms with Crippen molar-refractivity contribution in [2.24, 2.45) is 0 Å². The lowest BCUT2D eigenvalue weighted by Gasteiger charge is -2.09. The standard InChI is InChI=1S/C17H21N3O3S/c1-2-23-14-7-5-13(6-8-14)19-12-16(21)20-17(22)18-10-9-15-4-3-11-24-15/h3-8,11,19H,2,9-10,12H2,1H3,(H2,18,20,21,22). The molecule has 0 aliphatic carbocycles. The summed E-state index contributed by atoms with van der Waals surface area (Å²) in [6.45, 7) is 3.04. The fraction of sp³-hybridized carbons (Fsp3) is 0.294. The Morgan fingerprint density at radius 3 is 2.62 bits per heavy atom. The molecule has 0 unspecified atom stereocenters. The monoisotopic (exact) mass is 347 g/mol. The topological polar surface area (TPSA) is 79.5 Å². The van der Waals surface area contributed by atoms with E-state index in [-0.39, 0.29) is 6.54 Å². The number of hydrogen-bond donors (Lipinski definition) is 3. The number of anilines is 1. The van der Waals surface area contributed by atoms with Crippen LogP contribution in [0.4, 0.5) is 10.5 Å². The van der Waals surface area contributed by atoms with Crippen molar-refractivity contribution in [3.8, 4) is 5.75 Å². The second-order valence-corrected chi connectivity index (χ2v) is 5.98. The highest BCUT2D eigenvalue weighted by molar-refractivity contribution is 7.09. The van der Waals surface area contributed by atoms with Crippen LogP contribution >= 0.6 is 11.3 Å². The van der Waals surface area contributed by atoms with E-state index in [0.29, 0.717) is 13.2 Å². The molecule has 1 heterocycles. The van der Waals surface area contributed by atoms with E-state index in [0.717, 1.165) is 17.9 Å². The average Bonchev–Trinajstić information content (AvgIpc) is 3.08. The Balaban J connectivity index is 1.64. The van der Waals surface area contributed by atoms with E-state index in [1.54, 1.807) is 11.3 Å². The van der Waals surface area contributed by atoms with Crippen molar-refractivity contribution < 1.29 is 14.3 Å². The number of nitrogens with one attached hydrogen (secondary N) is 3. The van der Waals surface area contributed by atoms with Gasteiger partial charge in [0, 0.05) is 17.1 Å². The van der Waals surface area contributed by atoms with E-state index in [4.69, 9.17) is 4.74 Å². The van der Waals surface area contributed by atoms with Crippen molar-refractivity contribution in [2.75, 3.05) is 25.0 Å². The number of thiophene rings is 1. The van der Waals surface area contributed by atoms with Gasteiger partial charge in [0.15, 0.2) is 0 Å². The molecule has 7 heteroatoms. The van der Waals surface area contributed by atoms with Crippen molar-refractivity contribution in [2.45, 2.75) is 13.3 Å². The largest absolute Gasteiger partial charge is 0.494 e. The van der Waals surface area contributed by atoms with Gasteiger partial charge in [-0.3, -0.25) is 10.1 Å². The molecule has 0 saturated carbocycles. The maximum atomic E-state index is 11.7. The fourth-order valence-electron chi connectivity index (χ4n) is 1.99. The maximum Gasteiger partial charge on any atom is 0.321 e. The van der Waals surface area contributed by atoms with Gasteiger partial charge in [-0.05, 0) is 49.1 Å². The lowest BCUT2D eigenvalue weighted by Crippen LogP contribution is -2.42. The van der Waals surface area contributed by atoms with Gasteiger partial charge in [0.1, 0.15) is 5.75 Å². The third-order valence-corrected chi connectivity index (χ3v) is 4.04. The van der Waals surface area contributed by atoms with Crippen LogP contribution in [-0.4, -0.2) is 31.6 Å². The van der Waals surface area contributed by atoms with Crippen molar-refractivity contribution >= 4 is 29.0 Å². The first-order valence-electron chi connectivity index (χ1n) is 7.74. The summed E-state index contributed by atoms with van der Waals surface area (Å²) < 4.78 is 5.34. The molecular weight excluding hydrogens is 326 g/mol. The first-order valence-corrected chi connectivity index (χ1v) is 8.62. The minimum Gasteiger partial charge on any atom is -0.494 e. The zero-order valence-electron chi connectivity index (χ0n) is 13.5. The Labute approximate surface area is 145 Å². The molecule has 128 valence electrons. The zero-order chi connectivity index (χ0) is 17.2. The molecule has 0 spiro atoms. The van der Waals surface area contributed by atoms with Gasteiger partial charge < -0.3 is 15.4 Å². The van der Waals surface area contributed by atoms with Crippen LogP contribution in [0.2, 0.25) is 0 Å². The van der Waals surface area contributed by atoms with Gasteiger partial charge in [0.25, 0.3) is 0 Å². The van der Waals surface area contributed by atoms with E-state index in [2.05, 4.69) is 16.0 Å². The molecule has 0 atom stereocenters. The van der Waals surface area contributed by atoms with E-state index < -0.39 is 11.9 Å². The Hall–Kier alpha value is -2.54. The number of benzene rings is 1. The minimum atomic E-state index is -0.481. The third kappa shape index (κ3) is 6.29. The Bertz CT molecular complexity index is 642. The summed E-state index contributed by atoms with van der Waals surface area (Å²) in [4.78, 5) is 24.6. The van der Waals surface area contributed by atoms with Crippen molar-refractivity contribution in [3.63, 3.8) is 0 Å². The van der Waals surface area contributed by atoms with Gasteiger partial charge in [0.2, 0.25) is 5.91 Å². The fourth-order valence-corrected chi connectivity index (χ4v) is 2.70. The lowest BCUT2D eigenvalue weighted by atomic mass is 10.3. The number of rotatable bonds is 8. The first-order chi connectivity index (χ1) is 11.7. The van der Waals surface area contributed by atoms with Gasteiger partial charge in [0.05, 0.1) is 13.2 Å². The van der Waals surface area contributed by atoms with Crippen LogP contribution in [0.25, 0.3) is 0 Å². The van der Waals surface area contributed by atoms with Crippen LogP contribution in [0.3, 0.4) is 0 Å². The molecule has 2 aromatic rings. The van der Waals surface area contributed by atoms with Crippen LogP contribution in [-0.2, 0) is 11.2 Å². The molecule has 6 nitrogen and oxygen atoms in total. The molecule has 0 fully saturated rings. The average molecular weight is 347 g/mol. The first kappa shape index (κ1) is 17.8. The summed E-state index contributed by atoms with van der Waals surface area (Å²) in [6, 6.07) is 10.8. The number of imide groups is 1. The summed E-state index contributed by atoms with van der Waals surface area (Å²) in [5, 5.41) is 9.90. The van der Waals surface area contributed by atoms with Gasteiger partial charge in [-0.15, -0.1) is 11.3 Å². The van der Waals surface area contributed by atoms with E-state index in [1.807, 2.05) is 48.7 Å². The highest BCUT2D eigenvalue weighted by Crippen LogP contribution is 2.15. The highest BCUT2D eigenvalue weighted by atomic mass is 32.1. The van der Waals surface area contributed by atoms with E-state index in [9.17, 15) is 9.59 Å². The van der Waals surface area contributed by atoms with Gasteiger partial charge in [-0.1, -0.05) is 6.07 Å². The molecular formula is C17H21N3O3S. The molecule has 1 aromatic heterocycles. The molecule has 0 saturated heterocycles. The van der Waals surface area contributed by atoms with Crippen molar-refractivity contribution in [1.82, 2.24) is 10.6 Å². The molecule has 0 radical (unpaired) electrons. The lowest BCUT2D eigenvalue weighted by molar-refractivity contribution is -0.118. The molecule has 1 aromatic carbocycles. The number of amides is 3. The number of carbonyl (C=O) groups excluding carboxylic acids is 2. The van der Waals surface area contributed by atoms with Crippen molar-refractivity contribution in [3.05, 3.63) is 46.7 Å². The smallest absolute Gasteiger partial charge is 0.321 e. The SMILES string of the molecule is CCOc1ccc(NCC(=O)NC(=O)NCCc2cccs2)cc1. The van der Waals surface area contributed by atoms with Gasteiger partial charge >= 0.3 is 6.03 Å². The molecule has 0 bridgehead atoms. The summed E-state index contributed by atoms with van der Waals surface area (Å²) in [5.74, 6) is 0.384. The number of carbonyl (C=O) groups is 2. The Morgan fingerprint density at radius 1 is 1.17 bits per heavy atom. The van der Waals surface area contributed by atoms with Crippen LogP contribution in [0.5, 0.6) is 5.75 Å². The number of ether oxygens (including phenoxy) is 1. The minimum absolute atomic E-state index is 0.0202. The summed E-state index contributed by atoms with van der Waals surface area (Å²) >= 11 is 1.64. The molecule has 0 aliphatic rings. The zero-order valence-corrected chi connectivity index (χ0v) is 14.3. The molecule has 3 N–H and O–H groups in total. The van der Waals surface area contributed by atoms with E-state index >= 15 is 0 Å². The molecule has 3 amide bonds. The van der Waals surface area contributed by atoms with Crippen LogP contribution in [0, 0.1) is 0 Å². The van der Waals surface area contributed by atoms with Crippen LogP contribution < -0.4 is 20.7 Å². The molecule has 0 aliphatic heterocycles. The number of hydrogen-bond acceptors (Lipinski definition) is 5. The van der Waals surface area contributed by atoms with Crippen LogP contribution in [0.15, 0.2) is 41.8 Å². The van der Waals surface area contributed by atoms with Crippen LogP contribution in [0.1, 0.15) is 11.8 Å².